The number of carboxylic acids is 1. The highest BCUT2D eigenvalue weighted by Crippen LogP contribution is 2.27. The number of nitrogens with zero attached hydrogens (tertiary/aromatic N) is 2. The van der Waals surface area contributed by atoms with Gasteiger partial charge in [0.25, 0.3) is 0 Å². The van der Waals surface area contributed by atoms with E-state index in [9.17, 15) is 9.90 Å². The maximum Gasteiger partial charge on any atom is 0.324 e. The number of aryl methyl sites for hydroxylation is 2. The minimum atomic E-state index is -0.814. The van der Waals surface area contributed by atoms with Gasteiger partial charge in [0.05, 0.1) is 11.9 Å². The molecule has 1 aliphatic rings. The van der Waals surface area contributed by atoms with Gasteiger partial charge < -0.3 is 5.11 Å². The lowest BCUT2D eigenvalue weighted by Crippen LogP contribution is -2.35. The lowest BCUT2D eigenvalue weighted by atomic mass is 10.00. The number of carbonyl (C=O) groups is 1. The summed E-state index contributed by atoms with van der Waals surface area (Å²) in [5, 5.41) is 16.5. The Labute approximate surface area is 129 Å². The first-order valence-electron chi connectivity index (χ1n) is 7.29. The highest BCUT2D eigenvalue weighted by molar-refractivity contribution is 5.76. The Balaban J connectivity index is 1.90. The van der Waals surface area contributed by atoms with Crippen molar-refractivity contribution in [2.24, 2.45) is 0 Å². The van der Waals surface area contributed by atoms with E-state index in [4.69, 9.17) is 0 Å². The van der Waals surface area contributed by atoms with E-state index in [1.54, 1.807) is 12.3 Å². The van der Waals surface area contributed by atoms with Crippen LogP contribution >= 0.6 is 0 Å². The molecule has 114 valence electrons. The Bertz CT molecular complexity index is 733. The van der Waals surface area contributed by atoms with Gasteiger partial charge >= 0.3 is 5.97 Å². The molecule has 0 aliphatic carbocycles. The molecule has 0 amide bonds. The van der Waals surface area contributed by atoms with Crippen molar-refractivity contribution in [2.45, 2.75) is 26.4 Å². The average molecular weight is 297 g/mol. The van der Waals surface area contributed by atoms with Crippen molar-refractivity contribution in [3.8, 4) is 11.3 Å². The maximum atomic E-state index is 11.3. The number of hydrogen-bond acceptors (Lipinski definition) is 3. The van der Waals surface area contributed by atoms with Gasteiger partial charge in [-0.05, 0) is 25.5 Å². The highest BCUT2D eigenvalue weighted by atomic mass is 16.4. The van der Waals surface area contributed by atoms with Crippen molar-refractivity contribution < 1.29 is 9.90 Å². The van der Waals surface area contributed by atoms with E-state index < -0.39 is 12.0 Å². The van der Waals surface area contributed by atoms with Gasteiger partial charge in [0.2, 0.25) is 0 Å². The summed E-state index contributed by atoms with van der Waals surface area (Å²) >= 11 is 0. The molecule has 0 bridgehead atoms. The van der Waals surface area contributed by atoms with Gasteiger partial charge in [-0.25, -0.2) is 0 Å². The summed E-state index contributed by atoms with van der Waals surface area (Å²) in [4.78, 5) is 13.2. The van der Waals surface area contributed by atoms with E-state index >= 15 is 0 Å². The minimum Gasteiger partial charge on any atom is -0.480 e. The molecule has 0 unspecified atom stereocenters. The lowest BCUT2D eigenvalue weighted by molar-refractivity contribution is -0.141. The Morgan fingerprint density at radius 1 is 1.45 bits per heavy atom. The fraction of sp³-hybridized carbons (Fsp3) is 0.294. The average Bonchev–Trinajstić information content (AvgIpc) is 3.11. The van der Waals surface area contributed by atoms with Crippen LogP contribution in [0.2, 0.25) is 0 Å². The fourth-order valence-electron chi connectivity index (χ4n) is 2.85. The van der Waals surface area contributed by atoms with Gasteiger partial charge in [-0.3, -0.25) is 14.8 Å². The first-order chi connectivity index (χ1) is 10.6. The fourth-order valence-corrected chi connectivity index (χ4v) is 2.85. The molecule has 0 saturated carbocycles. The summed E-state index contributed by atoms with van der Waals surface area (Å²) in [6, 6.07) is 5.75. The van der Waals surface area contributed by atoms with E-state index in [1.165, 1.54) is 11.1 Å². The first-order valence-corrected chi connectivity index (χ1v) is 7.29. The van der Waals surface area contributed by atoms with Crippen molar-refractivity contribution in [1.82, 2.24) is 15.1 Å². The summed E-state index contributed by atoms with van der Waals surface area (Å²) < 4.78 is 0. The van der Waals surface area contributed by atoms with E-state index in [-0.39, 0.29) is 0 Å². The van der Waals surface area contributed by atoms with Gasteiger partial charge in [-0.2, -0.15) is 5.10 Å². The molecule has 3 rings (SSSR count). The van der Waals surface area contributed by atoms with Crippen LogP contribution in [0, 0.1) is 13.8 Å². The summed E-state index contributed by atoms with van der Waals surface area (Å²) in [5.74, 6) is -0.814. The second-order valence-electron chi connectivity index (χ2n) is 5.73. The van der Waals surface area contributed by atoms with Crippen LogP contribution in [-0.4, -0.2) is 38.8 Å². The van der Waals surface area contributed by atoms with Crippen molar-refractivity contribution in [3.63, 3.8) is 0 Å². The van der Waals surface area contributed by atoms with Crippen molar-refractivity contribution in [1.29, 1.82) is 0 Å². The number of aromatic nitrogens is 2. The van der Waals surface area contributed by atoms with Crippen LogP contribution in [0.15, 0.2) is 36.5 Å². The largest absolute Gasteiger partial charge is 0.480 e. The van der Waals surface area contributed by atoms with Crippen LogP contribution in [0.3, 0.4) is 0 Å². The third kappa shape index (κ3) is 2.67. The molecule has 5 heteroatoms. The zero-order valence-electron chi connectivity index (χ0n) is 12.7. The molecule has 22 heavy (non-hydrogen) atoms. The monoisotopic (exact) mass is 297 g/mol. The molecular formula is C17H19N3O2. The number of benzene rings is 1. The quantitative estimate of drug-likeness (QED) is 0.851. The number of H-pyrrole nitrogens is 1. The molecule has 5 nitrogen and oxygen atoms in total. The minimum absolute atomic E-state index is 0.554. The van der Waals surface area contributed by atoms with Crippen LogP contribution < -0.4 is 0 Å². The van der Waals surface area contributed by atoms with E-state index in [0.29, 0.717) is 13.1 Å². The van der Waals surface area contributed by atoms with Crippen LogP contribution in [0.25, 0.3) is 11.3 Å². The van der Waals surface area contributed by atoms with Gasteiger partial charge in [-0.15, -0.1) is 0 Å². The van der Waals surface area contributed by atoms with Gasteiger partial charge in [0.1, 0.15) is 6.04 Å². The third-order valence-electron chi connectivity index (χ3n) is 4.06. The van der Waals surface area contributed by atoms with Crippen LogP contribution in [-0.2, 0) is 11.3 Å². The Hall–Kier alpha value is -2.40. The molecule has 0 saturated heterocycles. The Morgan fingerprint density at radius 3 is 3.05 bits per heavy atom. The number of aliphatic carboxylic acids is 1. The summed E-state index contributed by atoms with van der Waals surface area (Å²) in [5.41, 5.74) is 5.46. The summed E-state index contributed by atoms with van der Waals surface area (Å²) in [7, 11) is 0. The van der Waals surface area contributed by atoms with Crippen LogP contribution in [0.1, 0.15) is 16.7 Å². The molecule has 2 aromatic rings. The summed E-state index contributed by atoms with van der Waals surface area (Å²) in [6.07, 6.45) is 5.42. The second-order valence-corrected chi connectivity index (χ2v) is 5.73. The highest BCUT2D eigenvalue weighted by Gasteiger charge is 2.27. The van der Waals surface area contributed by atoms with E-state index in [0.717, 1.165) is 16.8 Å². The van der Waals surface area contributed by atoms with Crippen LogP contribution in [0.4, 0.5) is 0 Å². The van der Waals surface area contributed by atoms with Crippen molar-refractivity contribution >= 4 is 5.97 Å². The Morgan fingerprint density at radius 2 is 2.27 bits per heavy atom. The third-order valence-corrected chi connectivity index (χ3v) is 4.06. The van der Waals surface area contributed by atoms with Gasteiger partial charge in [0, 0.05) is 24.2 Å². The number of hydrogen-bond donors (Lipinski definition) is 2. The van der Waals surface area contributed by atoms with Crippen molar-refractivity contribution in [2.75, 3.05) is 6.54 Å². The number of rotatable bonds is 4. The van der Waals surface area contributed by atoms with E-state index in [1.807, 2.05) is 11.0 Å². The molecule has 0 fully saturated rings. The molecule has 0 spiro atoms. The second kappa shape index (κ2) is 5.77. The topological polar surface area (TPSA) is 69.2 Å². The first kappa shape index (κ1) is 14.5. The predicted molar refractivity (Wildman–Crippen MR) is 84.5 cm³/mol. The summed E-state index contributed by atoms with van der Waals surface area (Å²) in [6.45, 7) is 5.33. The van der Waals surface area contributed by atoms with E-state index in [2.05, 4.69) is 42.2 Å². The molecule has 2 N–H and O–H groups in total. The zero-order valence-corrected chi connectivity index (χ0v) is 12.7. The molecule has 0 radical (unpaired) electrons. The smallest absolute Gasteiger partial charge is 0.324 e. The predicted octanol–water partition coefficient (Wildman–Crippen LogP) is 2.52. The zero-order chi connectivity index (χ0) is 15.7. The lowest BCUT2D eigenvalue weighted by Gasteiger charge is -2.21. The molecule has 1 aromatic carbocycles. The molecule has 2 heterocycles. The molecule has 1 aromatic heterocycles. The number of carboxylic acid groups (broad SMARTS) is 1. The molecule has 1 atom stereocenters. The van der Waals surface area contributed by atoms with Crippen LogP contribution in [0.5, 0.6) is 0 Å². The standard InChI is InChI=1S/C17H19N3O2/c1-11-5-6-12(2)14(8-11)16-13(9-18-19-16)10-20-7-3-4-15(20)17(21)22/h3-6,8-9,15H,7,10H2,1-2H3,(H,18,19)(H,21,22)/t15-/m0/s1. The SMILES string of the molecule is Cc1ccc(C)c(-c2[nH]ncc2CN2CC=C[C@H]2C(=O)O)c1. The molecule has 1 aliphatic heterocycles. The normalized spacial score (nSPS) is 18.0. The van der Waals surface area contributed by atoms with Crippen molar-refractivity contribution in [3.05, 3.63) is 53.2 Å². The molecular weight excluding hydrogens is 278 g/mol. The van der Waals surface area contributed by atoms with Gasteiger partial charge in [-0.1, -0.05) is 29.8 Å². The number of nitrogens with one attached hydrogen (secondary N) is 1. The Kier molecular flexibility index (Phi) is 3.81. The van der Waals surface area contributed by atoms with Gasteiger partial charge in [0.15, 0.2) is 0 Å². The number of aromatic amines is 1. The maximum absolute atomic E-state index is 11.3.